The lowest BCUT2D eigenvalue weighted by Gasteiger charge is -2.28. The monoisotopic (exact) mass is 341 g/mol. The smallest absolute Gasteiger partial charge is 0.332 e. The average molecular weight is 341 g/mol. The number of hydrogen-bond acceptors (Lipinski definition) is 6. The van der Waals surface area contributed by atoms with Crippen molar-refractivity contribution in [1.82, 2.24) is 0 Å². The summed E-state index contributed by atoms with van der Waals surface area (Å²) in [6.45, 7) is -0.690. The molecule has 0 N–H and O–H groups in total. The van der Waals surface area contributed by atoms with Crippen LogP contribution in [0.5, 0.6) is 0 Å². The molecule has 1 aromatic carbocycles. The fourth-order valence-corrected chi connectivity index (χ4v) is 4.20. The van der Waals surface area contributed by atoms with Gasteiger partial charge in [-0.25, -0.2) is 13.2 Å². The van der Waals surface area contributed by atoms with Gasteiger partial charge < -0.3 is 14.4 Å². The van der Waals surface area contributed by atoms with Gasteiger partial charge in [0.2, 0.25) is 0 Å². The van der Waals surface area contributed by atoms with Crippen LogP contribution in [-0.4, -0.2) is 58.2 Å². The Balaban J connectivity index is 2.14. The third-order valence-electron chi connectivity index (χ3n) is 3.50. The lowest BCUT2D eigenvalue weighted by atomic mass is 10.2. The van der Waals surface area contributed by atoms with E-state index in [4.69, 9.17) is 4.74 Å². The largest absolute Gasteiger partial charge is 0.454 e. The van der Waals surface area contributed by atoms with Gasteiger partial charge in [-0.2, -0.15) is 0 Å². The molecule has 2 rings (SSSR count). The zero-order chi connectivity index (χ0) is 16.9. The van der Waals surface area contributed by atoms with E-state index in [-0.39, 0.29) is 18.1 Å². The SMILES string of the molecule is COCC(=O)OCC(=O)N(c1ccccc1)[C@H]1CCS(=O)(=O)C1. The number of carbonyl (C=O) groups excluding carboxylic acids is 2. The van der Waals surface area contributed by atoms with Gasteiger partial charge in [0.15, 0.2) is 16.4 Å². The summed E-state index contributed by atoms with van der Waals surface area (Å²) in [5.41, 5.74) is 0.586. The highest BCUT2D eigenvalue weighted by molar-refractivity contribution is 7.91. The van der Waals surface area contributed by atoms with Crippen molar-refractivity contribution in [3.8, 4) is 0 Å². The van der Waals surface area contributed by atoms with Crippen molar-refractivity contribution >= 4 is 27.4 Å². The second-order valence-corrected chi connectivity index (χ2v) is 7.48. The summed E-state index contributed by atoms with van der Waals surface area (Å²) in [5, 5.41) is 0. The van der Waals surface area contributed by atoms with E-state index < -0.39 is 34.4 Å². The first kappa shape index (κ1) is 17.4. The van der Waals surface area contributed by atoms with Gasteiger partial charge in [0, 0.05) is 12.8 Å². The van der Waals surface area contributed by atoms with Crippen molar-refractivity contribution in [3.63, 3.8) is 0 Å². The van der Waals surface area contributed by atoms with E-state index in [9.17, 15) is 18.0 Å². The topological polar surface area (TPSA) is 90.0 Å². The quantitative estimate of drug-likeness (QED) is 0.696. The number of para-hydroxylation sites is 1. The van der Waals surface area contributed by atoms with Crippen LogP contribution < -0.4 is 4.90 Å². The van der Waals surface area contributed by atoms with Gasteiger partial charge >= 0.3 is 5.97 Å². The van der Waals surface area contributed by atoms with Crippen molar-refractivity contribution in [1.29, 1.82) is 0 Å². The first-order valence-corrected chi connectivity index (χ1v) is 8.97. The normalized spacial score (nSPS) is 19.3. The van der Waals surface area contributed by atoms with Crippen LogP contribution in [0.3, 0.4) is 0 Å². The van der Waals surface area contributed by atoms with Crippen LogP contribution in [0.1, 0.15) is 6.42 Å². The lowest BCUT2D eigenvalue weighted by Crippen LogP contribution is -2.43. The number of amides is 1. The number of methoxy groups -OCH3 is 1. The minimum absolute atomic E-state index is 0.0533. The maximum absolute atomic E-state index is 12.5. The molecule has 1 atom stereocenters. The summed E-state index contributed by atoms with van der Waals surface area (Å²) in [5.74, 6) is -1.13. The van der Waals surface area contributed by atoms with E-state index >= 15 is 0 Å². The zero-order valence-corrected chi connectivity index (χ0v) is 13.6. The van der Waals surface area contributed by atoms with E-state index in [1.54, 1.807) is 30.3 Å². The van der Waals surface area contributed by atoms with E-state index in [1.165, 1.54) is 12.0 Å². The summed E-state index contributed by atoms with van der Waals surface area (Å²) in [4.78, 5) is 25.2. The van der Waals surface area contributed by atoms with E-state index in [2.05, 4.69) is 4.74 Å². The standard InChI is InChI=1S/C15H19NO6S/c1-21-10-15(18)22-9-14(17)16(12-5-3-2-4-6-12)13-7-8-23(19,20)11-13/h2-6,13H,7-11H2,1H3/t13-/m0/s1. The lowest BCUT2D eigenvalue weighted by molar-refractivity contribution is -0.151. The van der Waals surface area contributed by atoms with Gasteiger partial charge in [-0.3, -0.25) is 4.79 Å². The molecular weight excluding hydrogens is 322 g/mol. The van der Waals surface area contributed by atoms with Gasteiger partial charge in [-0.15, -0.1) is 0 Å². The Hall–Kier alpha value is -1.93. The molecule has 0 radical (unpaired) electrons. The number of esters is 1. The first-order chi connectivity index (χ1) is 10.9. The minimum atomic E-state index is -3.14. The van der Waals surface area contributed by atoms with Crippen molar-refractivity contribution in [3.05, 3.63) is 30.3 Å². The number of nitrogens with zero attached hydrogens (tertiary/aromatic N) is 1. The minimum Gasteiger partial charge on any atom is -0.454 e. The summed E-state index contributed by atoms with van der Waals surface area (Å²) in [6, 6.07) is 8.32. The summed E-state index contributed by atoms with van der Waals surface area (Å²) < 4.78 is 32.9. The molecule has 1 aromatic rings. The number of hydrogen-bond donors (Lipinski definition) is 0. The van der Waals surface area contributed by atoms with Gasteiger partial charge in [-0.05, 0) is 18.6 Å². The third kappa shape index (κ3) is 4.77. The molecule has 8 heteroatoms. The molecule has 0 saturated carbocycles. The Morgan fingerprint density at radius 1 is 1.22 bits per heavy atom. The fourth-order valence-electron chi connectivity index (χ4n) is 2.50. The molecule has 0 aliphatic carbocycles. The third-order valence-corrected chi connectivity index (χ3v) is 5.25. The van der Waals surface area contributed by atoms with Gasteiger partial charge in [-0.1, -0.05) is 18.2 Å². The molecule has 23 heavy (non-hydrogen) atoms. The molecule has 126 valence electrons. The van der Waals surface area contributed by atoms with Gasteiger partial charge in [0.1, 0.15) is 6.61 Å². The number of sulfone groups is 1. The van der Waals surface area contributed by atoms with Crippen LogP contribution in [0.25, 0.3) is 0 Å². The first-order valence-electron chi connectivity index (χ1n) is 7.15. The highest BCUT2D eigenvalue weighted by Crippen LogP contribution is 2.24. The molecule has 1 aliphatic heterocycles. The molecule has 0 bridgehead atoms. The Kier molecular flexibility index (Phi) is 5.73. The molecule has 1 saturated heterocycles. The molecule has 1 heterocycles. The molecular formula is C15H19NO6S. The zero-order valence-electron chi connectivity index (χ0n) is 12.8. The van der Waals surface area contributed by atoms with Crippen LogP contribution in [0.4, 0.5) is 5.69 Å². The van der Waals surface area contributed by atoms with Crippen molar-refractivity contribution < 1.29 is 27.5 Å². The van der Waals surface area contributed by atoms with Crippen LogP contribution in [0.2, 0.25) is 0 Å². The van der Waals surface area contributed by atoms with Crippen molar-refractivity contribution in [2.75, 3.05) is 36.7 Å². The molecule has 1 amide bonds. The average Bonchev–Trinajstić information content (AvgIpc) is 2.86. The Morgan fingerprint density at radius 2 is 1.91 bits per heavy atom. The summed E-state index contributed by atoms with van der Waals surface area (Å²) >= 11 is 0. The van der Waals surface area contributed by atoms with E-state index in [0.717, 1.165) is 0 Å². The number of anilines is 1. The predicted molar refractivity (Wildman–Crippen MR) is 83.8 cm³/mol. The maximum Gasteiger partial charge on any atom is 0.332 e. The molecule has 0 aromatic heterocycles. The van der Waals surface area contributed by atoms with E-state index in [1.807, 2.05) is 0 Å². The molecule has 1 aliphatic rings. The predicted octanol–water partition coefficient (Wildman–Crippen LogP) is 0.396. The van der Waals surface area contributed by atoms with Crippen LogP contribution in [-0.2, 0) is 28.9 Å². The fraction of sp³-hybridized carbons (Fsp3) is 0.467. The molecule has 7 nitrogen and oxygen atoms in total. The molecule has 1 fully saturated rings. The van der Waals surface area contributed by atoms with Crippen molar-refractivity contribution in [2.45, 2.75) is 12.5 Å². The Morgan fingerprint density at radius 3 is 2.48 bits per heavy atom. The maximum atomic E-state index is 12.5. The summed E-state index contributed by atoms with van der Waals surface area (Å²) in [7, 11) is -1.79. The summed E-state index contributed by atoms with van der Waals surface area (Å²) in [6.07, 6.45) is 0.370. The van der Waals surface area contributed by atoms with Gasteiger partial charge in [0.25, 0.3) is 5.91 Å². The highest BCUT2D eigenvalue weighted by Gasteiger charge is 2.35. The van der Waals surface area contributed by atoms with Crippen molar-refractivity contribution in [2.24, 2.45) is 0 Å². The number of carbonyl (C=O) groups is 2. The number of rotatable bonds is 6. The van der Waals surface area contributed by atoms with E-state index in [0.29, 0.717) is 12.1 Å². The number of ether oxygens (including phenoxy) is 2. The van der Waals surface area contributed by atoms with Crippen LogP contribution >= 0.6 is 0 Å². The second-order valence-electron chi connectivity index (χ2n) is 5.25. The Bertz CT molecular complexity index is 658. The van der Waals surface area contributed by atoms with Crippen LogP contribution in [0.15, 0.2) is 30.3 Å². The molecule has 0 unspecified atom stereocenters. The molecule has 0 spiro atoms. The number of benzene rings is 1. The highest BCUT2D eigenvalue weighted by atomic mass is 32.2. The van der Waals surface area contributed by atoms with Crippen LogP contribution in [0, 0.1) is 0 Å². The Labute approximate surface area is 135 Å². The second kappa shape index (κ2) is 7.56. The van der Waals surface area contributed by atoms with Gasteiger partial charge in [0.05, 0.1) is 17.5 Å².